The van der Waals surface area contributed by atoms with Gasteiger partial charge in [-0.3, -0.25) is 4.79 Å². The minimum absolute atomic E-state index is 0.297. The molecule has 24 heavy (non-hydrogen) atoms. The van der Waals surface area contributed by atoms with Crippen molar-refractivity contribution < 1.29 is 9.53 Å². The molecule has 2 rings (SSSR count). The van der Waals surface area contributed by atoms with E-state index in [9.17, 15) is 4.79 Å². The fourth-order valence-electron chi connectivity index (χ4n) is 2.11. The Morgan fingerprint density at radius 3 is 2.88 bits per heavy atom. The normalized spacial score (nSPS) is 11.2. The van der Waals surface area contributed by atoms with E-state index in [0.29, 0.717) is 30.1 Å². The maximum absolute atomic E-state index is 12.3. The van der Waals surface area contributed by atoms with Crippen molar-refractivity contribution in [1.82, 2.24) is 9.78 Å². The molecule has 0 radical (unpaired) electrons. The number of anilines is 1. The van der Waals surface area contributed by atoms with Gasteiger partial charge in [-0.2, -0.15) is 15.6 Å². The predicted molar refractivity (Wildman–Crippen MR) is 87.1 cm³/mol. The smallest absolute Gasteiger partial charge is 0.266 e. The van der Waals surface area contributed by atoms with Crippen LogP contribution in [0.25, 0.3) is 0 Å². The summed E-state index contributed by atoms with van der Waals surface area (Å²) in [5, 5.41) is 24.7. The lowest BCUT2D eigenvalue weighted by molar-refractivity contribution is -0.122. The minimum Gasteiger partial charge on any atom is -0.480 e. The van der Waals surface area contributed by atoms with Gasteiger partial charge in [-0.25, -0.2) is 4.68 Å². The number of nitrogens with one attached hydrogen (secondary N) is 1. The highest BCUT2D eigenvalue weighted by atomic mass is 16.5. The maximum atomic E-state index is 12.3. The third-order valence-corrected chi connectivity index (χ3v) is 3.27. The monoisotopic (exact) mass is 323 g/mol. The average molecular weight is 323 g/mol. The number of carbonyl (C=O) groups excluding carboxylic acids is 1. The summed E-state index contributed by atoms with van der Waals surface area (Å²) in [4.78, 5) is 12.3. The van der Waals surface area contributed by atoms with Gasteiger partial charge < -0.3 is 10.1 Å². The quantitative estimate of drug-likeness (QED) is 0.879. The van der Waals surface area contributed by atoms with Crippen LogP contribution in [0.15, 0.2) is 30.3 Å². The van der Waals surface area contributed by atoms with Crippen LogP contribution in [0.5, 0.6) is 5.75 Å². The minimum atomic E-state index is -0.792. The molecular formula is C17H17N5O2. The third kappa shape index (κ3) is 4.11. The van der Waals surface area contributed by atoms with E-state index in [0.717, 1.165) is 5.69 Å². The molecule has 0 saturated heterocycles. The molecule has 1 aromatic heterocycles. The lowest BCUT2D eigenvalue weighted by atomic mass is 10.2. The number of hydrogen-bond acceptors (Lipinski definition) is 5. The van der Waals surface area contributed by atoms with Gasteiger partial charge in [-0.1, -0.05) is 12.1 Å². The Morgan fingerprint density at radius 2 is 2.17 bits per heavy atom. The summed E-state index contributed by atoms with van der Waals surface area (Å²) in [5.74, 6) is 0.509. The molecule has 0 aliphatic heterocycles. The number of amides is 1. The molecule has 1 atom stereocenters. The Bertz CT molecular complexity index is 813. The lowest BCUT2D eigenvalue weighted by Gasteiger charge is -2.15. The van der Waals surface area contributed by atoms with Crippen LogP contribution in [-0.4, -0.2) is 21.8 Å². The van der Waals surface area contributed by atoms with Crippen LogP contribution in [0.2, 0.25) is 0 Å². The van der Waals surface area contributed by atoms with E-state index in [1.165, 1.54) is 0 Å². The van der Waals surface area contributed by atoms with Gasteiger partial charge >= 0.3 is 0 Å². The van der Waals surface area contributed by atoms with Gasteiger partial charge in [0.25, 0.3) is 5.91 Å². The standard InChI is InChI=1S/C17H17N5O2/c1-12-10-16(22(21-12)9-5-8-18)20-17(23)13(2)24-15-7-4-3-6-14(15)11-19/h3-4,6-7,10,13H,5,9H2,1-2H3,(H,20,23)/t13-/m0/s1. The van der Waals surface area contributed by atoms with Crippen LogP contribution in [0.4, 0.5) is 5.82 Å². The number of hydrogen-bond donors (Lipinski definition) is 1. The van der Waals surface area contributed by atoms with E-state index in [4.69, 9.17) is 15.3 Å². The summed E-state index contributed by atoms with van der Waals surface area (Å²) in [6, 6.07) is 12.5. The molecule has 1 N–H and O–H groups in total. The van der Waals surface area contributed by atoms with Crippen LogP contribution in [0.3, 0.4) is 0 Å². The number of carbonyl (C=O) groups is 1. The first-order valence-corrected chi connectivity index (χ1v) is 7.43. The molecule has 0 aliphatic carbocycles. The van der Waals surface area contributed by atoms with E-state index >= 15 is 0 Å². The molecule has 0 bridgehead atoms. The van der Waals surface area contributed by atoms with Crippen molar-refractivity contribution in [3.05, 3.63) is 41.6 Å². The number of para-hydroxylation sites is 1. The van der Waals surface area contributed by atoms with Gasteiger partial charge in [0.1, 0.15) is 17.6 Å². The predicted octanol–water partition coefficient (Wildman–Crippen LogP) is 2.38. The van der Waals surface area contributed by atoms with Gasteiger partial charge in [-0.15, -0.1) is 0 Å². The van der Waals surface area contributed by atoms with Crippen LogP contribution in [0, 0.1) is 29.6 Å². The Morgan fingerprint density at radius 1 is 1.42 bits per heavy atom. The Balaban J connectivity index is 2.07. The molecule has 1 amide bonds. The molecule has 0 fully saturated rings. The zero-order valence-electron chi connectivity index (χ0n) is 13.5. The summed E-state index contributed by atoms with van der Waals surface area (Å²) in [5.41, 5.74) is 1.11. The van der Waals surface area contributed by atoms with Gasteiger partial charge in [0.15, 0.2) is 6.10 Å². The summed E-state index contributed by atoms with van der Waals surface area (Å²) < 4.78 is 7.16. The van der Waals surface area contributed by atoms with E-state index in [2.05, 4.69) is 10.4 Å². The van der Waals surface area contributed by atoms with Crippen molar-refractivity contribution in [3.8, 4) is 17.9 Å². The number of rotatable bonds is 6. The number of aryl methyl sites for hydroxylation is 2. The second-order valence-electron chi connectivity index (χ2n) is 5.16. The summed E-state index contributed by atoms with van der Waals surface area (Å²) in [6.45, 7) is 3.81. The first-order valence-electron chi connectivity index (χ1n) is 7.43. The Labute approximate surface area is 140 Å². The topological polar surface area (TPSA) is 104 Å². The Kier molecular flexibility index (Phi) is 5.54. The van der Waals surface area contributed by atoms with Crippen LogP contribution >= 0.6 is 0 Å². The molecular weight excluding hydrogens is 306 g/mol. The largest absolute Gasteiger partial charge is 0.480 e. The molecule has 0 aliphatic rings. The molecule has 1 aromatic carbocycles. The van der Waals surface area contributed by atoms with Crippen molar-refractivity contribution >= 4 is 11.7 Å². The molecule has 122 valence electrons. The molecule has 7 heteroatoms. The van der Waals surface area contributed by atoms with E-state index < -0.39 is 6.10 Å². The number of benzene rings is 1. The van der Waals surface area contributed by atoms with Crippen molar-refractivity contribution in [3.63, 3.8) is 0 Å². The third-order valence-electron chi connectivity index (χ3n) is 3.27. The number of ether oxygens (including phenoxy) is 1. The summed E-state index contributed by atoms with van der Waals surface area (Å²) in [7, 11) is 0. The SMILES string of the molecule is Cc1cc(NC(=O)[C@H](C)Oc2ccccc2C#N)n(CCC#N)n1. The molecule has 0 unspecified atom stereocenters. The lowest BCUT2D eigenvalue weighted by Crippen LogP contribution is -2.31. The average Bonchev–Trinajstić information content (AvgIpc) is 2.92. The number of aromatic nitrogens is 2. The van der Waals surface area contributed by atoms with Crippen molar-refractivity contribution in [2.24, 2.45) is 0 Å². The molecule has 2 aromatic rings. The maximum Gasteiger partial charge on any atom is 0.266 e. The van der Waals surface area contributed by atoms with Gasteiger partial charge in [0, 0.05) is 6.07 Å². The highest BCUT2D eigenvalue weighted by molar-refractivity contribution is 5.93. The second kappa shape index (κ2) is 7.80. The number of nitriles is 2. The van der Waals surface area contributed by atoms with Crippen LogP contribution in [0.1, 0.15) is 24.6 Å². The van der Waals surface area contributed by atoms with E-state index in [1.807, 2.05) is 19.1 Å². The van der Waals surface area contributed by atoms with Gasteiger partial charge in [-0.05, 0) is 26.0 Å². The number of nitrogens with zero attached hydrogens (tertiary/aromatic N) is 4. The van der Waals surface area contributed by atoms with Gasteiger partial charge in [0.05, 0.1) is 30.3 Å². The van der Waals surface area contributed by atoms with E-state index in [1.54, 1.807) is 41.9 Å². The Hall–Kier alpha value is -3.32. The van der Waals surface area contributed by atoms with Crippen LogP contribution in [-0.2, 0) is 11.3 Å². The summed E-state index contributed by atoms with van der Waals surface area (Å²) in [6.07, 6.45) is -0.495. The highest BCUT2D eigenvalue weighted by Crippen LogP contribution is 2.19. The van der Waals surface area contributed by atoms with Crippen molar-refractivity contribution in [2.45, 2.75) is 32.9 Å². The fraction of sp³-hybridized carbons (Fsp3) is 0.294. The molecule has 0 saturated carbocycles. The summed E-state index contributed by atoms with van der Waals surface area (Å²) >= 11 is 0. The van der Waals surface area contributed by atoms with E-state index in [-0.39, 0.29) is 5.91 Å². The van der Waals surface area contributed by atoms with Crippen molar-refractivity contribution in [2.75, 3.05) is 5.32 Å². The zero-order chi connectivity index (χ0) is 17.5. The molecule has 1 heterocycles. The highest BCUT2D eigenvalue weighted by Gasteiger charge is 2.18. The zero-order valence-corrected chi connectivity index (χ0v) is 13.5. The molecule has 7 nitrogen and oxygen atoms in total. The second-order valence-corrected chi connectivity index (χ2v) is 5.16. The first-order chi connectivity index (χ1) is 11.5. The first kappa shape index (κ1) is 17.0. The fourth-order valence-corrected chi connectivity index (χ4v) is 2.11. The molecule has 0 spiro atoms. The van der Waals surface area contributed by atoms with Gasteiger partial charge in [0.2, 0.25) is 0 Å². The van der Waals surface area contributed by atoms with Crippen molar-refractivity contribution in [1.29, 1.82) is 10.5 Å². The van der Waals surface area contributed by atoms with Crippen LogP contribution < -0.4 is 10.1 Å².